The van der Waals surface area contributed by atoms with E-state index in [1.165, 1.54) is 12.1 Å². The van der Waals surface area contributed by atoms with E-state index >= 15 is 0 Å². The Bertz CT molecular complexity index is 829. The Hall–Kier alpha value is -2.67. The summed E-state index contributed by atoms with van der Waals surface area (Å²) in [6.45, 7) is 4.74. The lowest BCUT2D eigenvalue weighted by atomic mass is 10.1. The quantitative estimate of drug-likeness (QED) is 0.910. The van der Waals surface area contributed by atoms with Gasteiger partial charge in [0.2, 0.25) is 0 Å². The highest BCUT2D eigenvalue weighted by Gasteiger charge is 2.28. The SMILES string of the molecule is Cc1cc(C(=O)N2CCOC(CC(=O)O)C2)c(C)n1-c1ccc(F)cc1. The molecule has 1 unspecified atom stereocenters. The van der Waals surface area contributed by atoms with Crippen LogP contribution in [-0.4, -0.2) is 52.3 Å². The predicted molar refractivity (Wildman–Crippen MR) is 93.1 cm³/mol. The molecule has 7 heteroatoms. The van der Waals surface area contributed by atoms with Crippen LogP contribution in [0.5, 0.6) is 0 Å². The maximum Gasteiger partial charge on any atom is 0.306 e. The molecule has 1 aromatic heterocycles. The molecule has 2 aromatic rings. The summed E-state index contributed by atoms with van der Waals surface area (Å²) >= 11 is 0. The summed E-state index contributed by atoms with van der Waals surface area (Å²) in [5, 5.41) is 8.92. The molecule has 0 bridgehead atoms. The lowest BCUT2D eigenvalue weighted by molar-refractivity contribution is -0.141. The molecule has 0 aliphatic carbocycles. The van der Waals surface area contributed by atoms with E-state index in [2.05, 4.69) is 0 Å². The molecule has 1 aliphatic heterocycles. The minimum absolute atomic E-state index is 0.127. The van der Waals surface area contributed by atoms with Crippen molar-refractivity contribution < 1.29 is 23.8 Å². The van der Waals surface area contributed by atoms with E-state index in [9.17, 15) is 14.0 Å². The molecule has 0 spiro atoms. The molecule has 1 saturated heterocycles. The number of carboxylic acid groups (broad SMARTS) is 1. The van der Waals surface area contributed by atoms with Crippen molar-refractivity contribution in [3.63, 3.8) is 0 Å². The maximum atomic E-state index is 13.2. The van der Waals surface area contributed by atoms with E-state index in [4.69, 9.17) is 9.84 Å². The molecule has 138 valence electrons. The molecule has 2 heterocycles. The van der Waals surface area contributed by atoms with Gasteiger partial charge in [0.15, 0.2) is 0 Å². The molecule has 26 heavy (non-hydrogen) atoms. The van der Waals surface area contributed by atoms with Crippen LogP contribution in [0, 0.1) is 19.7 Å². The third-order valence-electron chi connectivity index (χ3n) is 4.57. The van der Waals surface area contributed by atoms with Crippen molar-refractivity contribution in [2.24, 2.45) is 0 Å². The molecule has 1 aliphatic rings. The van der Waals surface area contributed by atoms with Crippen molar-refractivity contribution >= 4 is 11.9 Å². The number of aryl methyl sites for hydroxylation is 1. The number of nitrogens with zero attached hydrogens (tertiary/aromatic N) is 2. The van der Waals surface area contributed by atoms with Gasteiger partial charge in [-0.1, -0.05) is 0 Å². The van der Waals surface area contributed by atoms with Gasteiger partial charge in [0.05, 0.1) is 24.7 Å². The number of carbonyl (C=O) groups is 2. The number of aromatic nitrogens is 1. The fourth-order valence-corrected chi connectivity index (χ4v) is 3.36. The molecule has 1 fully saturated rings. The molecular formula is C19H21FN2O4. The predicted octanol–water partition coefficient (Wildman–Crippen LogP) is 2.55. The number of hydrogen-bond acceptors (Lipinski definition) is 3. The summed E-state index contributed by atoms with van der Waals surface area (Å²) in [6, 6.07) is 7.91. The Labute approximate surface area is 150 Å². The van der Waals surface area contributed by atoms with Crippen molar-refractivity contribution in [1.82, 2.24) is 9.47 Å². The Balaban J connectivity index is 1.85. The normalized spacial score (nSPS) is 17.3. The number of morpholine rings is 1. The number of carboxylic acids is 1. The van der Waals surface area contributed by atoms with Crippen LogP contribution in [0.2, 0.25) is 0 Å². The molecule has 1 N–H and O–H groups in total. The zero-order chi connectivity index (χ0) is 18.8. The fraction of sp³-hybridized carbons (Fsp3) is 0.368. The summed E-state index contributed by atoms with van der Waals surface area (Å²) in [5.41, 5.74) is 2.97. The molecule has 6 nitrogen and oxygen atoms in total. The average molecular weight is 360 g/mol. The number of rotatable bonds is 4. The van der Waals surface area contributed by atoms with E-state index in [0.29, 0.717) is 18.7 Å². The molecule has 0 saturated carbocycles. The smallest absolute Gasteiger partial charge is 0.306 e. The Kier molecular flexibility index (Phi) is 5.08. The minimum atomic E-state index is -0.946. The lowest BCUT2D eigenvalue weighted by Crippen LogP contribution is -2.46. The largest absolute Gasteiger partial charge is 0.481 e. The minimum Gasteiger partial charge on any atom is -0.481 e. The van der Waals surface area contributed by atoms with Gasteiger partial charge >= 0.3 is 5.97 Å². The van der Waals surface area contributed by atoms with E-state index in [1.54, 1.807) is 17.0 Å². The highest BCUT2D eigenvalue weighted by molar-refractivity contribution is 5.96. The second kappa shape index (κ2) is 7.29. The second-order valence-electron chi connectivity index (χ2n) is 6.44. The van der Waals surface area contributed by atoms with Crippen LogP contribution in [0.3, 0.4) is 0 Å². The summed E-state index contributed by atoms with van der Waals surface area (Å²) in [6.07, 6.45) is -0.621. The van der Waals surface area contributed by atoms with Gasteiger partial charge in [-0.3, -0.25) is 9.59 Å². The first-order chi connectivity index (χ1) is 12.4. The van der Waals surface area contributed by atoms with Crippen LogP contribution < -0.4 is 0 Å². The van der Waals surface area contributed by atoms with Gasteiger partial charge in [-0.05, 0) is 44.2 Å². The molecular weight excluding hydrogens is 339 g/mol. The first-order valence-corrected chi connectivity index (χ1v) is 8.44. The van der Waals surface area contributed by atoms with Crippen LogP contribution in [0.25, 0.3) is 5.69 Å². The van der Waals surface area contributed by atoms with E-state index in [-0.39, 0.29) is 24.7 Å². The van der Waals surface area contributed by atoms with Crippen LogP contribution in [0.15, 0.2) is 30.3 Å². The first-order valence-electron chi connectivity index (χ1n) is 8.44. The standard InChI is InChI=1S/C19H21FN2O4/c1-12-9-17(13(2)22(12)15-5-3-14(20)4-6-15)19(25)21-7-8-26-16(11-21)10-18(23)24/h3-6,9,16H,7-8,10-11H2,1-2H3,(H,23,24). The summed E-state index contributed by atoms with van der Waals surface area (Å²) in [5.74, 6) is -1.41. The number of carbonyl (C=O) groups excluding carboxylic acids is 1. The third-order valence-corrected chi connectivity index (χ3v) is 4.57. The van der Waals surface area contributed by atoms with Crippen molar-refractivity contribution in [3.8, 4) is 5.69 Å². The van der Waals surface area contributed by atoms with Crippen molar-refractivity contribution in [1.29, 1.82) is 0 Å². The highest BCUT2D eigenvalue weighted by Crippen LogP contribution is 2.23. The fourth-order valence-electron chi connectivity index (χ4n) is 3.36. The molecule has 3 rings (SSSR count). The van der Waals surface area contributed by atoms with E-state index in [1.807, 2.05) is 24.5 Å². The Morgan fingerprint density at radius 1 is 1.27 bits per heavy atom. The van der Waals surface area contributed by atoms with Gasteiger partial charge in [0, 0.05) is 30.2 Å². The number of halogens is 1. The van der Waals surface area contributed by atoms with Gasteiger partial charge < -0.3 is 19.3 Å². The number of benzene rings is 1. The van der Waals surface area contributed by atoms with Crippen molar-refractivity contribution in [2.75, 3.05) is 19.7 Å². The molecule has 1 atom stereocenters. The second-order valence-corrected chi connectivity index (χ2v) is 6.44. The summed E-state index contributed by atoms with van der Waals surface area (Å²) in [4.78, 5) is 25.5. The number of aliphatic carboxylic acids is 1. The lowest BCUT2D eigenvalue weighted by Gasteiger charge is -2.32. The summed E-state index contributed by atoms with van der Waals surface area (Å²) in [7, 11) is 0. The van der Waals surface area contributed by atoms with Gasteiger partial charge in [0.1, 0.15) is 5.82 Å². The number of ether oxygens (including phenoxy) is 1. The van der Waals surface area contributed by atoms with Crippen LogP contribution in [-0.2, 0) is 9.53 Å². The molecule has 1 aromatic carbocycles. The Morgan fingerprint density at radius 3 is 2.62 bits per heavy atom. The molecule has 0 radical (unpaired) electrons. The van der Waals surface area contributed by atoms with Gasteiger partial charge in [-0.2, -0.15) is 0 Å². The van der Waals surface area contributed by atoms with E-state index in [0.717, 1.165) is 17.1 Å². The van der Waals surface area contributed by atoms with Crippen molar-refractivity contribution in [2.45, 2.75) is 26.4 Å². The topological polar surface area (TPSA) is 71.8 Å². The first kappa shape index (κ1) is 18.1. The highest BCUT2D eigenvalue weighted by atomic mass is 19.1. The number of hydrogen-bond donors (Lipinski definition) is 1. The summed E-state index contributed by atoms with van der Waals surface area (Å²) < 4.78 is 20.5. The zero-order valence-corrected chi connectivity index (χ0v) is 14.7. The monoisotopic (exact) mass is 360 g/mol. The zero-order valence-electron chi connectivity index (χ0n) is 14.7. The Morgan fingerprint density at radius 2 is 1.96 bits per heavy atom. The van der Waals surface area contributed by atoms with Crippen LogP contribution in [0.1, 0.15) is 28.2 Å². The van der Waals surface area contributed by atoms with Gasteiger partial charge in [-0.15, -0.1) is 0 Å². The molecule has 1 amide bonds. The van der Waals surface area contributed by atoms with E-state index < -0.39 is 12.1 Å². The van der Waals surface area contributed by atoms with Gasteiger partial charge in [0.25, 0.3) is 5.91 Å². The third kappa shape index (κ3) is 3.62. The van der Waals surface area contributed by atoms with Crippen LogP contribution in [0.4, 0.5) is 4.39 Å². The van der Waals surface area contributed by atoms with Crippen LogP contribution >= 0.6 is 0 Å². The average Bonchev–Trinajstić information content (AvgIpc) is 2.89. The maximum absolute atomic E-state index is 13.2. The number of amides is 1. The van der Waals surface area contributed by atoms with Gasteiger partial charge in [-0.25, -0.2) is 4.39 Å². The van der Waals surface area contributed by atoms with Crippen molar-refractivity contribution in [3.05, 3.63) is 53.1 Å².